The van der Waals surface area contributed by atoms with Crippen LogP contribution in [-0.2, 0) is 0 Å². The average Bonchev–Trinajstić information content (AvgIpc) is 3.37. The fourth-order valence-corrected chi connectivity index (χ4v) is 2.63. The lowest BCUT2D eigenvalue weighted by Gasteiger charge is -1.80. The summed E-state index contributed by atoms with van der Waals surface area (Å²) >= 11 is 0. The maximum Gasteiger partial charge on any atom is 0.456 e. The Morgan fingerprint density at radius 2 is 0.958 bits per heavy atom. The van der Waals surface area contributed by atoms with Gasteiger partial charge in [-0.25, -0.2) is 0 Å². The third kappa shape index (κ3) is 2.25. The summed E-state index contributed by atoms with van der Waals surface area (Å²) in [6.45, 7) is 0. The molecule has 4 heteroatoms. The molecule has 0 aliphatic carbocycles. The van der Waals surface area contributed by atoms with Gasteiger partial charge in [0.05, 0.1) is 24.3 Å². The Hall–Kier alpha value is -3.40. The molecule has 0 atom stereocenters. The topological polar surface area (TPSA) is 48.9 Å². The highest BCUT2D eigenvalue weighted by molar-refractivity contribution is 5.78. The van der Waals surface area contributed by atoms with Crippen LogP contribution in [0.1, 0.15) is 23.0 Å². The van der Waals surface area contributed by atoms with Crippen molar-refractivity contribution < 1.29 is 17.7 Å². The molecule has 4 nitrogen and oxygen atoms in total. The van der Waals surface area contributed by atoms with Gasteiger partial charge in [-0.05, 0) is 36.4 Å². The van der Waals surface area contributed by atoms with Crippen LogP contribution >= 0.6 is 0 Å². The summed E-state index contributed by atoms with van der Waals surface area (Å²) in [5.74, 6) is 2.82. The fourth-order valence-electron chi connectivity index (χ4n) is 2.63. The number of fused-ring (bicyclic) bond motifs is 10. The molecule has 0 saturated carbocycles. The molecule has 114 valence electrons. The van der Waals surface area contributed by atoms with E-state index in [4.69, 9.17) is 17.7 Å². The van der Waals surface area contributed by atoms with Gasteiger partial charge in [-0.3, -0.25) is 0 Å². The Morgan fingerprint density at radius 1 is 0.500 bits per heavy atom. The molecular formula is C20H12O4+2. The Balaban J connectivity index is 1.85. The van der Waals surface area contributed by atoms with Gasteiger partial charge >= 0.3 is 23.0 Å². The maximum absolute atomic E-state index is 5.79. The Bertz CT molecular complexity index is 1070. The molecule has 8 bridgehead atoms. The molecule has 5 heterocycles. The van der Waals surface area contributed by atoms with Crippen molar-refractivity contribution in [3.63, 3.8) is 0 Å². The minimum Gasteiger partial charge on any atom is -0.453 e. The van der Waals surface area contributed by atoms with E-state index in [1.54, 1.807) is 0 Å². The molecule has 3 aromatic rings. The first kappa shape index (κ1) is 13.1. The van der Waals surface area contributed by atoms with E-state index in [2.05, 4.69) is 0 Å². The lowest BCUT2D eigenvalue weighted by molar-refractivity contribution is 0.483. The van der Waals surface area contributed by atoms with Gasteiger partial charge in [-0.15, -0.1) is 0 Å². The highest BCUT2D eigenvalue weighted by Gasteiger charge is 2.29. The summed E-state index contributed by atoms with van der Waals surface area (Å²) in [6, 6.07) is 15.0. The molecule has 0 amide bonds. The molecule has 0 aromatic carbocycles. The quantitative estimate of drug-likeness (QED) is 0.322. The first-order chi connectivity index (χ1) is 11.8. The van der Waals surface area contributed by atoms with Crippen molar-refractivity contribution in [2.45, 2.75) is 0 Å². The molecule has 0 fully saturated rings. The lowest BCUT2D eigenvalue weighted by atomic mass is 10.3. The predicted octanol–water partition coefficient (Wildman–Crippen LogP) is 6.14. The summed E-state index contributed by atoms with van der Waals surface area (Å²) < 4.78 is 23.2. The summed E-state index contributed by atoms with van der Waals surface area (Å²) in [5, 5.41) is 0. The van der Waals surface area contributed by atoms with Crippen LogP contribution in [0.15, 0.2) is 66.2 Å². The van der Waals surface area contributed by atoms with Crippen LogP contribution in [0.4, 0.5) is 0 Å². The van der Waals surface area contributed by atoms with E-state index < -0.39 is 0 Å². The summed E-state index contributed by atoms with van der Waals surface area (Å²) in [6.07, 6.45) is 7.56. The summed E-state index contributed by atoms with van der Waals surface area (Å²) in [4.78, 5) is 0. The normalized spacial score (nSPS) is 12.7. The summed E-state index contributed by atoms with van der Waals surface area (Å²) in [7, 11) is 0. The molecule has 3 aromatic heterocycles. The average molecular weight is 316 g/mol. The van der Waals surface area contributed by atoms with Crippen molar-refractivity contribution in [1.29, 1.82) is 0 Å². The van der Waals surface area contributed by atoms with Crippen molar-refractivity contribution in [1.82, 2.24) is 0 Å². The predicted molar refractivity (Wildman–Crippen MR) is 92.4 cm³/mol. The monoisotopic (exact) mass is 316 g/mol. The van der Waals surface area contributed by atoms with E-state index in [0.29, 0.717) is 22.7 Å². The van der Waals surface area contributed by atoms with Gasteiger partial charge in [-0.1, -0.05) is 0 Å². The number of rotatable bonds is 0. The number of hydrogen-bond donors (Lipinski definition) is 0. The second-order valence-corrected chi connectivity index (χ2v) is 5.47. The van der Waals surface area contributed by atoms with Gasteiger partial charge in [0, 0.05) is 12.1 Å². The first-order valence-corrected chi connectivity index (χ1v) is 7.60. The minimum atomic E-state index is 0.682. The first-order valence-electron chi connectivity index (χ1n) is 7.60. The highest BCUT2D eigenvalue weighted by atomic mass is 16.4. The second-order valence-electron chi connectivity index (χ2n) is 5.47. The van der Waals surface area contributed by atoms with Gasteiger partial charge in [0.15, 0.2) is 11.2 Å². The molecule has 0 saturated heterocycles. The van der Waals surface area contributed by atoms with E-state index in [1.165, 1.54) is 0 Å². The van der Waals surface area contributed by atoms with Gasteiger partial charge in [0.2, 0.25) is 0 Å². The van der Waals surface area contributed by atoms with Crippen LogP contribution < -0.4 is 0 Å². The van der Waals surface area contributed by atoms with Crippen LogP contribution in [0.2, 0.25) is 0 Å². The SMILES string of the molecule is C1=Cc2[o+]c1ccc1ccc(o1)c1ccc(ccc3[o+]c2C=C3)o1. The molecule has 0 unspecified atom stereocenters. The van der Waals surface area contributed by atoms with Crippen molar-refractivity contribution >= 4 is 46.6 Å². The standard InChI is InChI=1S/C20H12O4/c1-2-14-6-10-19(22-14)20-12-8-16(24-20)4-3-15-7-11-18(23-15)17-9-5-13(1)21-17/h1-12H/q+2. The third-order valence-electron chi connectivity index (χ3n) is 3.82. The minimum absolute atomic E-state index is 0.682. The molecule has 0 N–H and O–H groups in total. The van der Waals surface area contributed by atoms with E-state index in [9.17, 15) is 0 Å². The summed E-state index contributed by atoms with van der Waals surface area (Å²) in [5.41, 5.74) is 2.82. The fraction of sp³-hybridized carbons (Fsp3) is 0. The zero-order chi connectivity index (χ0) is 15.9. The van der Waals surface area contributed by atoms with E-state index in [1.807, 2.05) is 72.8 Å². The highest BCUT2D eigenvalue weighted by Crippen LogP contribution is 2.25. The van der Waals surface area contributed by atoms with E-state index >= 15 is 0 Å². The Labute approximate surface area is 136 Å². The van der Waals surface area contributed by atoms with Crippen molar-refractivity contribution in [3.05, 3.63) is 71.6 Å². The Morgan fingerprint density at radius 3 is 1.46 bits per heavy atom. The van der Waals surface area contributed by atoms with Crippen LogP contribution in [0.5, 0.6) is 0 Å². The maximum atomic E-state index is 5.79. The van der Waals surface area contributed by atoms with Gasteiger partial charge < -0.3 is 8.83 Å². The van der Waals surface area contributed by atoms with Crippen LogP contribution in [0.25, 0.3) is 46.6 Å². The van der Waals surface area contributed by atoms with Crippen molar-refractivity contribution in [2.24, 2.45) is 0 Å². The molecule has 24 heavy (non-hydrogen) atoms. The molecule has 2 aliphatic rings. The van der Waals surface area contributed by atoms with Crippen LogP contribution in [0.3, 0.4) is 0 Å². The van der Waals surface area contributed by atoms with E-state index in [-0.39, 0.29) is 0 Å². The lowest BCUT2D eigenvalue weighted by Crippen LogP contribution is -1.69. The number of hydrogen-bond acceptors (Lipinski definition) is 2. The molecule has 0 radical (unpaired) electrons. The van der Waals surface area contributed by atoms with E-state index in [0.717, 1.165) is 22.7 Å². The zero-order valence-corrected chi connectivity index (χ0v) is 12.6. The third-order valence-corrected chi connectivity index (χ3v) is 3.82. The largest absolute Gasteiger partial charge is 0.456 e. The van der Waals surface area contributed by atoms with Crippen LogP contribution in [-0.4, -0.2) is 0 Å². The molecule has 5 rings (SSSR count). The second kappa shape index (κ2) is 5.06. The smallest absolute Gasteiger partial charge is 0.453 e. The number of furan rings is 2. The van der Waals surface area contributed by atoms with Gasteiger partial charge in [-0.2, -0.15) is 8.83 Å². The zero-order valence-electron chi connectivity index (χ0n) is 12.6. The molecule has 0 spiro atoms. The van der Waals surface area contributed by atoms with Gasteiger partial charge in [0.1, 0.15) is 11.2 Å². The molecular weight excluding hydrogens is 304 g/mol. The molecule has 2 aliphatic heterocycles. The van der Waals surface area contributed by atoms with Crippen molar-refractivity contribution in [2.75, 3.05) is 0 Å². The van der Waals surface area contributed by atoms with Crippen molar-refractivity contribution in [3.8, 4) is 0 Å². The van der Waals surface area contributed by atoms with Crippen LogP contribution in [0, 0.1) is 0 Å². The Kier molecular flexibility index (Phi) is 2.76. The van der Waals surface area contributed by atoms with Gasteiger partial charge in [0.25, 0.3) is 0 Å².